The van der Waals surface area contributed by atoms with Crippen LogP contribution in [0.1, 0.15) is 16.7 Å². The predicted octanol–water partition coefficient (Wildman–Crippen LogP) is 3.50. The topological polar surface area (TPSA) is 63.8 Å². The zero-order chi connectivity index (χ0) is 14.1. The highest BCUT2D eigenvalue weighted by molar-refractivity contribution is 7.18. The number of hydrogen-bond acceptors (Lipinski definition) is 5. The van der Waals surface area contributed by atoms with Gasteiger partial charge in [0.05, 0.1) is 10.2 Å². The number of thiophene rings is 1. The summed E-state index contributed by atoms with van der Waals surface area (Å²) in [6.07, 6.45) is 1.61. The first-order chi connectivity index (χ1) is 9.66. The molecule has 0 unspecified atom stereocenters. The van der Waals surface area contributed by atoms with Gasteiger partial charge in [-0.25, -0.2) is 9.97 Å². The van der Waals surface area contributed by atoms with E-state index in [1.165, 1.54) is 11.1 Å². The number of nitrogens with zero attached hydrogens (tertiary/aromatic N) is 2. The van der Waals surface area contributed by atoms with Crippen LogP contribution in [-0.4, -0.2) is 9.97 Å². The average molecular weight is 284 g/mol. The average Bonchev–Trinajstić information content (AvgIpc) is 2.83. The summed E-state index contributed by atoms with van der Waals surface area (Å²) >= 11 is 1.67. The molecule has 20 heavy (non-hydrogen) atoms. The Balaban J connectivity index is 1.89. The first kappa shape index (κ1) is 12.9. The molecule has 0 saturated heterocycles. The zero-order valence-electron chi connectivity index (χ0n) is 11.5. The van der Waals surface area contributed by atoms with Gasteiger partial charge in [0.25, 0.3) is 0 Å². The molecule has 0 fully saturated rings. The second kappa shape index (κ2) is 5.09. The van der Waals surface area contributed by atoms with E-state index in [9.17, 15) is 0 Å². The Morgan fingerprint density at radius 1 is 1.25 bits per heavy atom. The van der Waals surface area contributed by atoms with E-state index < -0.39 is 0 Å². The van der Waals surface area contributed by atoms with Crippen LogP contribution in [0.2, 0.25) is 0 Å². The highest BCUT2D eigenvalue weighted by Crippen LogP contribution is 2.29. The van der Waals surface area contributed by atoms with Gasteiger partial charge in [-0.3, -0.25) is 0 Å². The quantitative estimate of drug-likeness (QED) is 0.722. The molecule has 0 amide bonds. The van der Waals surface area contributed by atoms with E-state index in [2.05, 4.69) is 33.7 Å². The van der Waals surface area contributed by atoms with Crippen molar-refractivity contribution >= 4 is 33.1 Å². The third-order valence-electron chi connectivity index (χ3n) is 3.47. The van der Waals surface area contributed by atoms with E-state index in [0.29, 0.717) is 6.54 Å². The number of hydrogen-bond donors (Lipinski definition) is 2. The van der Waals surface area contributed by atoms with Crippen LogP contribution in [0.15, 0.2) is 29.9 Å². The molecule has 5 heteroatoms. The lowest BCUT2D eigenvalue weighted by Crippen LogP contribution is -2.04. The van der Waals surface area contributed by atoms with Gasteiger partial charge in [0.2, 0.25) is 0 Å². The van der Waals surface area contributed by atoms with Crippen LogP contribution in [-0.2, 0) is 6.54 Å². The van der Waals surface area contributed by atoms with Gasteiger partial charge in [-0.05, 0) is 42.0 Å². The van der Waals surface area contributed by atoms with Crippen molar-refractivity contribution in [2.45, 2.75) is 20.4 Å². The molecule has 0 radical (unpaired) electrons. The molecular formula is C15H16N4S. The summed E-state index contributed by atoms with van der Waals surface area (Å²) in [5.74, 6) is 0.884. The Morgan fingerprint density at radius 3 is 2.95 bits per heavy atom. The van der Waals surface area contributed by atoms with Gasteiger partial charge in [-0.1, -0.05) is 12.1 Å². The number of nitrogens with one attached hydrogen (secondary N) is 1. The fourth-order valence-corrected chi connectivity index (χ4v) is 3.14. The monoisotopic (exact) mass is 284 g/mol. The van der Waals surface area contributed by atoms with Crippen molar-refractivity contribution in [3.05, 3.63) is 46.6 Å². The molecule has 0 bridgehead atoms. The van der Waals surface area contributed by atoms with Crippen molar-refractivity contribution in [2.24, 2.45) is 0 Å². The summed E-state index contributed by atoms with van der Waals surface area (Å²) in [4.78, 5) is 8.67. The van der Waals surface area contributed by atoms with Crippen molar-refractivity contribution in [3.8, 4) is 0 Å². The molecule has 3 N–H and O–H groups in total. The fourth-order valence-electron chi connectivity index (χ4n) is 2.17. The van der Waals surface area contributed by atoms with E-state index in [1.807, 2.05) is 19.1 Å². The lowest BCUT2D eigenvalue weighted by molar-refractivity contribution is 1.09. The smallest absolute Gasteiger partial charge is 0.147 e. The van der Waals surface area contributed by atoms with Crippen LogP contribution in [0.25, 0.3) is 10.2 Å². The first-order valence-electron chi connectivity index (χ1n) is 6.43. The Kier molecular flexibility index (Phi) is 3.28. The summed E-state index contributed by atoms with van der Waals surface area (Å²) in [5, 5.41) is 5.50. The Hall–Kier alpha value is -2.14. The molecule has 2 heterocycles. The van der Waals surface area contributed by atoms with Crippen LogP contribution < -0.4 is 11.1 Å². The number of nitrogens with two attached hydrogens (primary N) is 1. The molecule has 0 aliphatic carbocycles. The number of benzene rings is 1. The molecule has 3 rings (SSSR count). The Bertz CT molecular complexity index is 764. The molecule has 1 aromatic carbocycles. The molecule has 0 atom stereocenters. The minimum atomic E-state index is 0.708. The number of rotatable bonds is 3. The number of nitrogen functional groups attached to an aromatic ring is 1. The van der Waals surface area contributed by atoms with Gasteiger partial charge in [0, 0.05) is 12.2 Å². The maximum absolute atomic E-state index is 5.93. The van der Waals surface area contributed by atoms with Crippen LogP contribution >= 0.6 is 11.3 Å². The van der Waals surface area contributed by atoms with Gasteiger partial charge in [0.15, 0.2) is 0 Å². The highest BCUT2D eigenvalue weighted by atomic mass is 32.1. The summed E-state index contributed by atoms with van der Waals surface area (Å²) in [6, 6.07) is 5.98. The molecule has 4 nitrogen and oxygen atoms in total. The van der Waals surface area contributed by atoms with Crippen LogP contribution in [0.4, 0.5) is 11.5 Å². The highest BCUT2D eigenvalue weighted by Gasteiger charge is 2.08. The molecular weight excluding hydrogens is 268 g/mol. The maximum atomic E-state index is 5.93. The zero-order valence-corrected chi connectivity index (χ0v) is 12.3. The van der Waals surface area contributed by atoms with Gasteiger partial charge < -0.3 is 11.1 Å². The van der Waals surface area contributed by atoms with Gasteiger partial charge in [-0.15, -0.1) is 11.3 Å². The van der Waals surface area contributed by atoms with Crippen LogP contribution in [0, 0.1) is 13.8 Å². The van der Waals surface area contributed by atoms with E-state index in [-0.39, 0.29) is 0 Å². The standard InChI is InChI=1S/C15H16N4S/c1-9-7-20-14-13(9)18-8-19-15(14)17-6-11-4-3-5-12(16)10(11)2/h3-5,7-8H,6,16H2,1-2H3,(H,17,18,19). The largest absolute Gasteiger partial charge is 0.399 e. The van der Waals surface area contributed by atoms with Crippen molar-refractivity contribution < 1.29 is 0 Å². The summed E-state index contributed by atoms with van der Waals surface area (Å²) in [7, 11) is 0. The number of aryl methyl sites for hydroxylation is 1. The second-order valence-corrected chi connectivity index (χ2v) is 5.68. The Labute approximate surface area is 121 Å². The van der Waals surface area contributed by atoms with Crippen LogP contribution in [0.3, 0.4) is 0 Å². The fraction of sp³-hybridized carbons (Fsp3) is 0.200. The summed E-state index contributed by atoms with van der Waals surface area (Å²) in [5.41, 5.74) is 11.3. The van der Waals surface area contributed by atoms with Crippen molar-refractivity contribution in [2.75, 3.05) is 11.1 Å². The molecule has 3 aromatic rings. The molecule has 0 aliphatic heterocycles. The van der Waals surface area contributed by atoms with E-state index >= 15 is 0 Å². The van der Waals surface area contributed by atoms with Crippen molar-refractivity contribution in [3.63, 3.8) is 0 Å². The van der Waals surface area contributed by atoms with E-state index in [0.717, 1.165) is 27.3 Å². The lowest BCUT2D eigenvalue weighted by Gasteiger charge is -2.10. The second-order valence-electron chi connectivity index (χ2n) is 4.80. The predicted molar refractivity (Wildman–Crippen MR) is 85.1 cm³/mol. The molecule has 0 saturated carbocycles. The first-order valence-corrected chi connectivity index (χ1v) is 7.31. The van der Waals surface area contributed by atoms with Crippen molar-refractivity contribution in [1.29, 1.82) is 0 Å². The normalized spacial score (nSPS) is 10.9. The molecule has 102 valence electrons. The molecule has 0 spiro atoms. The third-order valence-corrected chi connectivity index (χ3v) is 4.56. The van der Waals surface area contributed by atoms with E-state index in [4.69, 9.17) is 5.73 Å². The van der Waals surface area contributed by atoms with E-state index in [1.54, 1.807) is 17.7 Å². The SMILES string of the molecule is Cc1c(N)cccc1CNc1ncnc2c(C)csc12. The number of fused-ring (bicyclic) bond motifs is 1. The lowest BCUT2D eigenvalue weighted by atomic mass is 10.1. The van der Waals surface area contributed by atoms with Gasteiger partial charge in [0.1, 0.15) is 12.1 Å². The minimum Gasteiger partial charge on any atom is -0.399 e. The summed E-state index contributed by atoms with van der Waals surface area (Å²) in [6.45, 7) is 4.81. The maximum Gasteiger partial charge on any atom is 0.147 e. The minimum absolute atomic E-state index is 0.708. The summed E-state index contributed by atoms with van der Waals surface area (Å²) < 4.78 is 1.10. The van der Waals surface area contributed by atoms with Crippen LogP contribution in [0.5, 0.6) is 0 Å². The third kappa shape index (κ3) is 2.20. The van der Waals surface area contributed by atoms with Gasteiger partial charge >= 0.3 is 0 Å². The van der Waals surface area contributed by atoms with Crippen molar-refractivity contribution in [1.82, 2.24) is 9.97 Å². The van der Waals surface area contributed by atoms with Gasteiger partial charge in [-0.2, -0.15) is 0 Å². The number of anilines is 2. The molecule has 2 aromatic heterocycles. The number of aromatic nitrogens is 2. The molecule has 0 aliphatic rings. The Morgan fingerprint density at radius 2 is 2.10 bits per heavy atom.